The van der Waals surface area contributed by atoms with Crippen molar-refractivity contribution >= 4 is 41.7 Å². The van der Waals surface area contributed by atoms with E-state index in [-0.39, 0.29) is 0 Å². The monoisotopic (exact) mass is 369 g/mol. The fourth-order valence-electron chi connectivity index (χ4n) is 1.08. The van der Waals surface area contributed by atoms with Gasteiger partial charge in [-0.2, -0.15) is 21.6 Å². The molecule has 0 fully saturated rings. The van der Waals surface area contributed by atoms with E-state index in [4.69, 9.17) is 11.6 Å². The number of thioether (sulfide) groups is 1. The summed E-state index contributed by atoms with van der Waals surface area (Å²) in [6.45, 7) is 0. The van der Waals surface area contributed by atoms with Crippen molar-refractivity contribution in [3.63, 3.8) is 0 Å². The molecule has 0 radical (unpaired) electrons. The van der Waals surface area contributed by atoms with Crippen LogP contribution in [-0.4, -0.2) is 21.0 Å². The quantitative estimate of drug-likeness (QED) is 0.578. The van der Waals surface area contributed by atoms with Crippen LogP contribution in [0.2, 0.25) is 5.02 Å². The second-order valence-corrected chi connectivity index (χ2v) is 7.29. The van der Waals surface area contributed by atoms with Gasteiger partial charge in [0, 0.05) is 13.4 Å². The fourth-order valence-corrected chi connectivity index (χ4v) is 4.43. The van der Waals surface area contributed by atoms with Crippen molar-refractivity contribution in [2.75, 3.05) is 7.11 Å². The Balaban J connectivity index is 3.32. The van der Waals surface area contributed by atoms with Crippen molar-refractivity contribution in [2.24, 2.45) is 0 Å². The first-order valence-electron chi connectivity index (χ1n) is 4.57. The summed E-state index contributed by atoms with van der Waals surface area (Å²) in [5, 5.41) is -0.487. The van der Waals surface area contributed by atoms with Gasteiger partial charge >= 0.3 is 23.9 Å². The van der Waals surface area contributed by atoms with Gasteiger partial charge in [0.05, 0.1) is 12.1 Å². The van der Waals surface area contributed by atoms with Gasteiger partial charge in [-0.3, -0.25) is 0 Å². The molecule has 1 aromatic carbocycles. The zero-order chi connectivity index (χ0) is 15.6. The van der Waals surface area contributed by atoms with E-state index in [1.165, 1.54) is 0 Å². The highest BCUT2D eigenvalue weighted by atomic mass is 35.5. The minimum absolute atomic E-state index is 0.487. The Morgan fingerprint density at radius 2 is 1.95 bits per heavy atom. The molecule has 1 atom stereocenters. The van der Waals surface area contributed by atoms with E-state index in [9.17, 15) is 26.2 Å². The Morgan fingerprint density at radius 1 is 1.35 bits per heavy atom. The molecule has 0 amide bonds. The van der Waals surface area contributed by atoms with Crippen LogP contribution < -0.4 is 0 Å². The Morgan fingerprint density at radius 3 is 2.45 bits per heavy atom. The normalized spacial score (nSPS) is 13.3. The lowest BCUT2D eigenvalue weighted by Gasteiger charge is -2.10. The topological polar surface area (TPSA) is 69.7 Å². The van der Waals surface area contributed by atoms with Gasteiger partial charge in [0.15, 0.2) is 0 Å². The molecule has 12 heteroatoms. The van der Waals surface area contributed by atoms with Gasteiger partial charge in [-0.1, -0.05) is 17.7 Å². The lowest BCUT2D eigenvalue weighted by Crippen LogP contribution is -2.07. The summed E-state index contributed by atoms with van der Waals surface area (Å²) in [5.74, 6) is 0. The number of hydrogen-bond acceptors (Lipinski definition) is 6. The van der Waals surface area contributed by atoms with E-state index in [1.54, 1.807) is 0 Å². The molecule has 0 aliphatic carbocycles. The molecular formula is C8H6ClF3O5PS2+. The number of alkyl halides is 3. The smallest absolute Gasteiger partial charge is 0.190 e. The van der Waals surface area contributed by atoms with Crippen molar-refractivity contribution in [3.05, 3.63) is 23.2 Å². The van der Waals surface area contributed by atoms with E-state index in [0.717, 1.165) is 25.3 Å². The number of rotatable bonds is 5. The highest BCUT2D eigenvalue weighted by Gasteiger charge is 2.38. The van der Waals surface area contributed by atoms with Crippen molar-refractivity contribution in [1.29, 1.82) is 0 Å². The van der Waals surface area contributed by atoms with Crippen LogP contribution in [-0.2, 0) is 23.2 Å². The van der Waals surface area contributed by atoms with Crippen molar-refractivity contribution < 1.29 is 34.6 Å². The summed E-state index contributed by atoms with van der Waals surface area (Å²) in [7, 11) is -6.89. The number of halogens is 4. The van der Waals surface area contributed by atoms with E-state index in [1.807, 2.05) is 0 Å². The van der Waals surface area contributed by atoms with Gasteiger partial charge in [0.25, 0.3) is 0 Å². The summed E-state index contributed by atoms with van der Waals surface area (Å²) in [5.41, 5.74) is -4.72. The molecular weight excluding hydrogens is 364 g/mol. The molecule has 0 saturated carbocycles. The fraction of sp³-hybridized carbons (Fsp3) is 0.250. The van der Waals surface area contributed by atoms with Gasteiger partial charge < -0.3 is 0 Å². The highest BCUT2D eigenvalue weighted by Crippen LogP contribution is 2.43. The maximum absolute atomic E-state index is 12.4. The third-order valence-electron chi connectivity index (χ3n) is 1.71. The van der Waals surface area contributed by atoms with Crippen LogP contribution in [0, 0.1) is 0 Å². The third-order valence-corrected chi connectivity index (χ3v) is 5.57. The minimum atomic E-state index is -4.77. The molecule has 0 aliphatic rings. The van der Waals surface area contributed by atoms with Gasteiger partial charge in [-0.05, 0) is 23.9 Å². The Bertz CT molecular complexity index is 619. The number of hydrogen-bond donors (Lipinski definition) is 0. The van der Waals surface area contributed by atoms with Gasteiger partial charge in [-0.15, -0.1) is 4.52 Å². The van der Waals surface area contributed by atoms with Gasteiger partial charge in [-0.25, -0.2) is 0 Å². The van der Waals surface area contributed by atoms with E-state index in [0.29, 0.717) is 0 Å². The first kappa shape index (κ1) is 17.7. The molecule has 112 valence electrons. The highest BCUT2D eigenvalue weighted by molar-refractivity contribution is 8.01. The predicted octanol–water partition coefficient (Wildman–Crippen LogP) is 3.96. The standard InChI is InChI=1S/C8H6ClF3O5PS2/c1-16-18(13)17-20(14,15)7-5(9)3-2-4-6(7)19-8(10,11)12/h2-4H,1H3/q+1. The van der Waals surface area contributed by atoms with Crippen LogP contribution >= 0.6 is 31.6 Å². The van der Waals surface area contributed by atoms with Gasteiger partial charge in [0.2, 0.25) is 0 Å². The predicted molar refractivity (Wildman–Crippen MR) is 66.3 cm³/mol. The van der Waals surface area contributed by atoms with Crippen LogP contribution in [0.3, 0.4) is 0 Å². The molecule has 20 heavy (non-hydrogen) atoms. The summed E-state index contributed by atoms with van der Waals surface area (Å²) < 4.78 is 79.9. The molecule has 1 aromatic rings. The summed E-state index contributed by atoms with van der Waals surface area (Å²) in [6.07, 6.45) is 0. The second kappa shape index (κ2) is 6.59. The molecule has 1 unspecified atom stereocenters. The molecule has 0 heterocycles. The largest absolute Gasteiger partial charge is 0.714 e. The maximum Gasteiger partial charge on any atom is 0.714 e. The second-order valence-electron chi connectivity index (χ2n) is 3.05. The molecule has 0 N–H and O–H groups in total. The average Bonchev–Trinajstić information content (AvgIpc) is 2.25. The summed E-state index contributed by atoms with van der Waals surface area (Å²) in [6, 6.07) is 3.12. The summed E-state index contributed by atoms with van der Waals surface area (Å²) in [4.78, 5) is -1.60. The molecule has 0 bridgehead atoms. The molecule has 5 nitrogen and oxygen atoms in total. The third kappa shape index (κ3) is 4.87. The van der Waals surface area contributed by atoms with Crippen LogP contribution in [0.5, 0.6) is 0 Å². The van der Waals surface area contributed by atoms with Gasteiger partial charge in [0.1, 0.15) is 4.90 Å². The number of benzene rings is 1. The molecule has 0 spiro atoms. The summed E-state index contributed by atoms with van der Waals surface area (Å²) >= 11 is 4.92. The first-order valence-corrected chi connectivity index (χ1v) is 8.27. The average molecular weight is 370 g/mol. The maximum atomic E-state index is 12.4. The molecule has 0 aliphatic heterocycles. The lowest BCUT2D eigenvalue weighted by molar-refractivity contribution is -0.0328. The Kier molecular flexibility index (Phi) is 5.82. The van der Waals surface area contributed by atoms with Crippen LogP contribution in [0.4, 0.5) is 13.2 Å². The lowest BCUT2D eigenvalue weighted by atomic mass is 10.4. The Labute approximate surface area is 122 Å². The molecule has 0 aromatic heterocycles. The van der Waals surface area contributed by atoms with Crippen molar-refractivity contribution in [1.82, 2.24) is 0 Å². The van der Waals surface area contributed by atoms with E-state index in [2.05, 4.69) is 8.49 Å². The van der Waals surface area contributed by atoms with Crippen molar-refractivity contribution in [3.8, 4) is 0 Å². The zero-order valence-corrected chi connectivity index (χ0v) is 12.8. The van der Waals surface area contributed by atoms with E-state index >= 15 is 0 Å². The van der Waals surface area contributed by atoms with Crippen LogP contribution in [0.15, 0.2) is 28.0 Å². The van der Waals surface area contributed by atoms with Crippen molar-refractivity contribution in [2.45, 2.75) is 15.3 Å². The zero-order valence-electron chi connectivity index (χ0n) is 9.55. The molecule has 0 saturated heterocycles. The first-order chi connectivity index (χ1) is 9.07. The SMILES string of the molecule is CO[P+](=O)OS(=O)(=O)c1c(Cl)cccc1SC(F)(F)F. The van der Waals surface area contributed by atoms with E-state index < -0.39 is 50.5 Å². The Hall–Kier alpha value is -0.380. The van der Waals surface area contributed by atoms with Crippen LogP contribution in [0.25, 0.3) is 0 Å². The molecule has 1 rings (SSSR count). The van der Waals surface area contributed by atoms with Crippen LogP contribution in [0.1, 0.15) is 0 Å². The minimum Gasteiger partial charge on any atom is -0.190 e.